The lowest BCUT2D eigenvalue weighted by Gasteiger charge is -2.34. The molecule has 1 aromatic rings. The minimum absolute atomic E-state index is 0.236. The van der Waals surface area contributed by atoms with Crippen molar-refractivity contribution in [2.75, 3.05) is 75.5 Å². The van der Waals surface area contributed by atoms with E-state index in [2.05, 4.69) is 22.2 Å². The summed E-state index contributed by atoms with van der Waals surface area (Å²) in [6.45, 7) is 4.64. The number of carbonyl (C=O) groups excluding carboxylic acids is 1. The number of amides is 1. The molecule has 1 aliphatic heterocycles. The molecule has 9 heteroatoms. The van der Waals surface area contributed by atoms with Gasteiger partial charge in [0.25, 0.3) is 0 Å². The molecule has 1 N–H and O–H groups in total. The summed E-state index contributed by atoms with van der Waals surface area (Å²) in [6, 6.07) is 7.34. The first-order valence-electron chi connectivity index (χ1n) is 9.08. The van der Waals surface area contributed by atoms with Crippen LogP contribution in [0.1, 0.15) is 6.42 Å². The van der Waals surface area contributed by atoms with Crippen molar-refractivity contribution in [3.05, 3.63) is 24.3 Å². The number of nitrogens with zero attached hydrogens (tertiary/aromatic N) is 3. The maximum absolute atomic E-state index is 12.2. The first kappa shape index (κ1) is 21.5. The highest BCUT2D eigenvalue weighted by Gasteiger charge is 2.21. The van der Waals surface area contributed by atoms with Crippen molar-refractivity contribution in [2.24, 2.45) is 0 Å². The minimum Gasteiger partial charge on any atom is -0.385 e. The van der Waals surface area contributed by atoms with Gasteiger partial charge in [-0.1, -0.05) is 0 Å². The molecule has 0 atom stereocenters. The van der Waals surface area contributed by atoms with E-state index in [0.717, 1.165) is 42.4 Å². The van der Waals surface area contributed by atoms with Crippen LogP contribution in [0.25, 0.3) is 0 Å². The summed E-state index contributed by atoms with van der Waals surface area (Å²) in [5.41, 5.74) is 1.55. The third-order valence-corrected chi connectivity index (χ3v) is 5.68. The lowest BCUT2D eigenvalue weighted by molar-refractivity contribution is -0.119. The molecule has 1 saturated heterocycles. The van der Waals surface area contributed by atoms with Gasteiger partial charge in [-0.2, -0.15) is 0 Å². The highest BCUT2D eigenvalue weighted by atomic mass is 32.2. The molecule has 1 aliphatic rings. The number of sulfonamides is 1. The molecule has 152 valence electrons. The monoisotopic (exact) mass is 398 g/mol. The molecule has 27 heavy (non-hydrogen) atoms. The van der Waals surface area contributed by atoms with Crippen LogP contribution in [0.3, 0.4) is 0 Å². The second-order valence-corrected chi connectivity index (χ2v) is 8.68. The highest BCUT2D eigenvalue weighted by molar-refractivity contribution is 7.92. The van der Waals surface area contributed by atoms with Gasteiger partial charge in [0, 0.05) is 52.1 Å². The van der Waals surface area contributed by atoms with Crippen molar-refractivity contribution in [2.45, 2.75) is 6.42 Å². The van der Waals surface area contributed by atoms with Gasteiger partial charge in [0.05, 0.1) is 11.9 Å². The normalized spacial score (nSPS) is 15.6. The third-order valence-electron chi connectivity index (χ3n) is 4.54. The second kappa shape index (κ2) is 9.91. The summed E-state index contributed by atoms with van der Waals surface area (Å²) in [5, 5.41) is 2.72. The van der Waals surface area contributed by atoms with Crippen LogP contribution in [0, 0.1) is 0 Å². The van der Waals surface area contributed by atoms with E-state index in [9.17, 15) is 13.2 Å². The second-order valence-electron chi connectivity index (χ2n) is 6.77. The van der Waals surface area contributed by atoms with E-state index in [1.807, 2.05) is 12.1 Å². The molecule has 0 spiro atoms. The fraction of sp³-hybridized carbons (Fsp3) is 0.611. The first-order chi connectivity index (χ1) is 12.8. The Hall–Kier alpha value is -1.84. The van der Waals surface area contributed by atoms with Crippen LogP contribution in [0.2, 0.25) is 0 Å². The molecule has 0 saturated carbocycles. The minimum atomic E-state index is -3.57. The van der Waals surface area contributed by atoms with Crippen molar-refractivity contribution < 1.29 is 17.9 Å². The van der Waals surface area contributed by atoms with Crippen molar-refractivity contribution >= 4 is 27.3 Å². The van der Waals surface area contributed by atoms with Gasteiger partial charge in [-0.15, -0.1) is 0 Å². The summed E-state index contributed by atoms with van der Waals surface area (Å²) in [5.74, 6) is -0.334. The smallest absolute Gasteiger partial charge is 0.240 e. The lowest BCUT2D eigenvalue weighted by Crippen LogP contribution is -2.44. The molecule has 0 bridgehead atoms. The Balaban J connectivity index is 2.02. The van der Waals surface area contributed by atoms with Crippen LogP contribution in [0.5, 0.6) is 0 Å². The number of anilines is 2. The number of piperazine rings is 1. The van der Waals surface area contributed by atoms with Crippen LogP contribution in [-0.4, -0.2) is 85.5 Å². The average molecular weight is 399 g/mol. The Morgan fingerprint density at radius 3 is 2.37 bits per heavy atom. The number of benzene rings is 1. The molecule has 2 rings (SSSR count). The van der Waals surface area contributed by atoms with Crippen LogP contribution >= 0.6 is 0 Å². The fourth-order valence-electron chi connectivity index (χ4n) is 2.93. The number of likely N-dealkylation sites (N-methyl/N-ethyl adjacent to an activating group) is 1. The summed E-state index contributed by atoms with van der Waals surface area (Å²) < 4.78 is 30.4. The molecule has 0 aliphatic carbocycles. The highest BCUT2D eigenvalue weighted by Crippen LogP contribution is 2.23. The number of carbonyl (C=O) groups is 1. The molecule has 0 unspecified atom stereocenters. The van der Waals surface area contributed by atoms with E-state index in [4.69, 9.17) is 4.74 Å². The zero-order valence-corrected chi connectivity index (χ0v) is 17.2. The van der Waals surface area contributed by atoms with E-state index < -0.39 is 10.0 Å². The zero-order valence-electron chi connectivity index (χ0n) is 16.3. The summed E-state index contributed by atoms with van der Waals surface area (Å²) >= 11 is 0. The van der Waals surface area contributed by atoms with Gasteiger partial charge in [-0.25, -0.2) is 8.42 Å². The van der Waals surface area contributed by atoms with Crippen LogP contribution in [-0.2, 0) is 19.6 Å². The van der Waals surface area contributed by atoms with Crippen molar-refractivity contribution in [1.29, 1.82) is 0 Å². The van der Waals surface area contributed by atoms with Crippen molar-refractivity contribution in [3.8, 4) is 0 Å². The molecule has 0 radical (unpaired) electrons. The topological polar surface area (TPSA) is 82.2 Å². The van der Waals surface area contributed by atoms with Crippen molar-refractivity contribution in [3.63, 3.8) is 0 Å². The van der Waals surface area contributed by atoms with Gasteiger partial charge in [0.2, 0.25) is 15.9 Å². The number of rotatable bonds is 9. The maximum Gasteiger partial charge on any atom is 0.240 e. The van der Waals surface area contributed by atoms with Crippen molar-refractivity contribution in [1.82, 2.24) is 10.2 Å². The number of methoxy groups -OCH3 is 1. The summed E-state index contributed by atoms with van der Waals surface area (Å²) in [6.07, 6.45) is 1.79. The predicted octanol–water partition coefficient (Wildman–Crippen LogP) is 0.357. The number of nitrogens with one attached hydrogen (secondary N) is 1. The van der Waals surface area contributed by atoms with Gasteiger partial charge in [0.15, 0.2) is 0 Å². The maximum atomic E-state index is 12.2. The van der Waals surface area contributed by atoms with E-state index in [0.29, 0.717) is 25.3 Å². The Bertz CT molecular complexity index is 701. The van der Waals surface area contributed by atoms with Gasteiger partial charge in [-0.05, 0) is 37.7 Å². The largest absolute Gasteiger partial charge is 0.385 e. The predicted molar refractivity (Wildman–Crippen MR) is 108 cm³/mol. The first-order valence-corrected chi connectivity index (χ1v) is 10.9. The fourth-order valence-corrected chi connectivity index (χ4v) is 3.78. The summed E-state index contributed by atoms with van der Waals surface area (Å²) in [4.78, 5) is 16.7. The number of hydrogen-bond acceptors (Lipinski definition) is 6. The Morgan fingerprint density at radius 1 is 1.19 bits per heavy atom. The van der Waals surface area contributed by atoms with Gasteiger partial charge >= 0.3 is 0 Å². The SMILES string of the molecule is COCCCNC(=O)CN(c1ccc(N2CCN(C)CC2)cc1)S(C)(=O)=O. The molecular formula is C18H30N4O4S. The standard InChI is InChI=1S/C18H30N4O4S/c1-20-10-12-21(13-11-20)16-5-7-17(8-6-16)22(27(3,24)25)15-18(23)19-9-4-14-26-2/h5-8H,4,9-15H2,1-3H3,(H,19,23). The number of ether oxygens (including phenoxy) is 1. The van der Waals surface area contributed by atoms with E-state index in [1.54, 1.807) is 19.2 Å². The molecule has 1 amide bonds. The van der Waals surface area contributed by atoms with Gasteiger partial charge in [-0.3, -0.25) is 9.10 Å². The van der Waals surface area contributed by atoms with Crippen LogP contribution in [0.4, 0.5) is 11.4 Å². The third kappa shape index (κ3) is 6.67. The van der Waals surface area contributed by atoms with Crippen LogP contribution < -0.4 is 14.5 Å². The van der Waals surface area contributed by atoms with E-state index in [-0.39, 0.29) is 12.5 Å². The Kier molecular flexibility index (Phi) is 7.88. The molecule has 0 aromatic heterocycles. The van der Waals surface area contributed by atoms with Crippen LogP contribution in [0.15, 0.2) is 24.3 Å². The molecule has 1 heterocycles. The Labute approximate surface area is 162 Å². The lowest BCUT2D eigenvalue weighted by atomic mass is 10.2. The van der Waals surface area contributed by atoms with E-state index >= 15 is 0 Å². The molecule has 8 nitrogen and oxygen atoms in total. The molecule has 1 aromatic carbocycles. The summed E-state index contributed by atoms with van der Waals surface area (Å²) in [7, 11) is 0.132. The van der Waals surface area contributed by atoms with E-state index in [1.165, 1.54) is 0 Å². The average Bonchev–Trinajstić information content (AvgIpc) is 2.63. The van der Waals surface area contributed by atoms with Gasteiger partial charge < -0.3 is 19.9 Å². The zero-order chi connectivity index (χ0) is 19.9. The molecule has 1 fully saturated rings. The Morgan fingerprint density at radius 2 is 1.81 bits per heavy atom. The number of hydrogen-bond donors (Lipinski definition) is 1. The quantitative estimate of drug-likeness (QED) is 0.605. The molecular weight excluding hydrogens is 368 g/mol. The van der Waals surface area contributed by atoms with Gasteiger partial charge in [0.1, 0.15) is 6.54 Å².